The third-order valence-electron chi connectivity index (χ3n) is 3.43. The van der Waals surface area contributed by atoms with Crippen LogP contribution in [-0.2, 0) is 9.53 Å². The molecule has 0 N–H and O–H groups in total. The lowest BCUT2D eigenvalue weighted by Crippen LogP contribution is -2.43. The van der Waals surface area contributed by atoms with Crippen molar-refractivity contribution in [3.05, 3.63) is 35.6 Å². The summed E-state index contributed by atoms with van der Waals surface area (Å²) in [5.74, 6) is -1.48. The Balaban J connectivity index is 2.07. The van der Waals surface area contributed by atoms with Crippen LogP contribution in [-0.4, -0.2) is 36.5 Å². The molecule has 0 radical (unpaired) electrons. The van der Waals surface area contributed by atoms with E-state index in [9.17, 15) is 14.0 Å². The molecule has 5 heteroatoms. The first kappa shape index (κ1) is 14.5. The molecule has 0 bridgehead atoms. The molecule has 1 aromatic rings. The van der Waals surface area contributed by atoms with E-state index in [4.69, 9.17) is 4.74 Å². The van der Waals surface area contributed by atoms with Crippen LogP contribution in [0.25, 0.3) is 0 Å². The van der Waals surface area contributed by atoms with Crippen LogP contribution >= 0.6 is 0 Å². The Kier molecular flexibility index (Phi) is 4.71. The van der Waals surface area contributed by atoms with E-state index in [-0.39, 0.29) is 23.4 Å². The lowest BCUT2D eigenvalue weighted by molar-refractivity contribution is -0.149. The molecule has 0 aliphatic carbocycles. The summed E-state index contributed by atoms with van der Waals surface area (Å²) in [6, 6.07) is 5.90. The highest BCUT2D eigenvalue weighted by molar-refractivity contribution is 5.94. The second-order valence-electron chi connectivity index (χ2n) is 4.82. The van der Waals surface area contributed by atoms with E-state index in [0.29, 0.717) is 26.1 Å². The highest BCUT2D eigenvalue weighted by Gasteiger charge is 2.30. The summed E-state index contributed by atoms with van der Waals surface area (Å²) in [7, 11) is 0. The number of halogens is 1. The first-order chi connectivity index (χ1) is 9.63. The largest absolute Gasteiger partial charge is 0.466 e. The number of ether oxygens (including phenoxy) is 1. The van der Waals surface area contributed by atoms with Gasteiger partial charge in [0, 0.05) is 13.1 Å². The average Bonchev–Trinajstić information content (AvgIpc) is 2.47. The van der Waals surface area contributed by atoms with Crippen LogP contribution in [0.5, 0.6) is 0 Å². The number of hydrogen-bond donors (Lipinski definition) is 0. The van der Waals surface area contributed by atoms with E-state index in [2.05, 4.69) is 0 Å². The highest BCUT2D eigenvalue weighted by atomic mass is 19.1. The van der Waals surface area contributed by atoms with Gasteiger partial charge in [-0.3, -0.25) is 9.59 Å². The Labute approximate surface area is 117 Å². The fourth-order valence-corrected chi connectivity index (χ4v) is 2.42. The Morgan fingerprint density at radius 3 is 2.85 bits per heavy atom. The van der Waals surface area contributed by atoms with E-state index >= 15 is 0 Å². The van der Waals surface area contributed by atoms with Gasteiger partial charge >= 0.3 is 5.97 Å². The minimum Gasteiger partial charge on any atom is -0.466 e. The number of carbonyl (C=O) groups excluding carboxylic acids is 2. The van der Waals surface area contributed by atoms with Gasteiger partial charge in [-0.05, 0) is 31.9 Å². The molecule has 20 heavy (non-hydrogen) atoms. The van der Waals surface area contributed by atoms with E-state index < -0.39 is 5.82 Å². The third-order valence-corrected chi connectivity index (χ3v) is 3.43. The quantitative estimate of drug-likeness (QED) is 0.797. The van der Waals surface area contributed by atoms with Crippen molar-refractivity contribution in [1.29, 1.82) is 0 Å². The fourth-order valence-electron chi connectivity index (χ4n) is 2.42. The number of amides is 1. The number of carbonyl (C=O) groups is 2. The molecule has 1 aliphatic rings. The van der Waals surface area contributed by atoms with Crippen LogP contribution in [0.4, 0.5) is 4.39 Å². The maximum Gasteiger partial charge on any atom is 0.310 e. The Morgan fingerprint density at radius 2 is 2.15 bits per heavy atom. The highest BCUT2D eigenvalue weighted by Crippen LogP contribution is 2.20. The number of piperidine rings is 1. The van der Waals surface area contributed by atoms with Crippen LogP contribution in [0.15, 0.2) is 24.3 Å². The molecule has 1 aromatic carbocycles. The van der Waals surface area contributed by atoms with Crippen molar-refractivity contribution in [2.75, 3.05) is 19.7 Å². The number of rotatable bonds is 3. The maximum atomic E-state index is 13.6. The minimum absolute atomic E-state index is 0.0528. The zero-order valence-corrected chi connectivity index (χ0v) is 11.5. The van der Waals surface area contributed by atoms with Gasteiger partial charge in [-0.2, -0.15) is 0 Å². The first-order valence-electron chi connectivity index (χ1n) is 6.84. The minimum atomic E-state index is -0.532. The number of hydrogen-bond acceptors (Lipinski definition) is 3. The average molecular weight is 279 g/mol. The molecule has 1 atom stereocenters. The topological polar surface area (TPSA) is 46.6 Å². The van der Waals surface area contributed by atoms with Crippen molar-refractivity contribution < 1.29 is 18.7 Å². The van der Waals surface area contributed by atoms with Crippen LogP contribution < -0.4 is 0 Å². The Bertz CT molecular complexity index is 504. The molecule has 0 aromatic heterocycles. The summed E-state index contributed by atoms with van der Waals surface area (Å²) in [5, 5.41) is 0. The van der Waals surface area contributed by atoms with Gasteiger partial charge < -0.3 is 9.64 Å². The molecule has 1 fully saturated rings. The predicted octanol–water partition coefficient (Wildman–Crippen LogP) is 2.24. The summed E-state index contributed by atoms with van der Waals surface area (Å²) in [5.41, 5.74) is 0.0528. The zero-order valence-electron chi connectivity index (χ0n) is 11.5. The van der Waals surface area contributed by atoms with Gasteiger partial charge in [0.25, 0.3) is 5.91 Å². The molecule has 0 spiro atoms. The summed E-state index contributed by atoms with van der Waals surface area (Å²) >= 11 is 0. The summed E-state index contributed by atoms with van der Waals surface area (Å²) in [6.07, 6.45) is 1.43. The SMILES string of the molecule is CCOC(=O)[C@@H]1CCCN(C(=O)c2ccccc2F)C1. The number of nitrogens with zero attached hydrogens (tertiary/aromatic N) is 1. The van der Waals surface area contributed by atoms with Crippen LogP contribution in [0.3, 0.4) is 0 Å². The monoisotopic (exact) mass is 279 g/mol. The molecule has 4 nitrogen and oxygen atoms in total. The van der Waals surface area contributed by atoms with Gasteiger partial charge in [0.15, 0.2) is 0 Å². The van der Waals surface area contributed by atoms with Crippen molar-refractivity contribution in [1.82, 2.24) is 4.90 Å². The second kappa shape index (κ2) is 6.50. The van der Waals surface area contributed by atoms with Gasteiger partial charge in [0.05, 0.1) is 18.1 Å². The normalized spacial score (nSPS) is 18.7. The molecule has 0 unspecified atom stereocenters. The van der Waals surface area contributed by atoms with Crippen molar-refractivity contribution in [2.45, 2.75) is 19.8 Å². The predicted molar refractivity (Wildman–Crippen MR) is 71.7 cm³/mol. The van der Waals surface area contributed by atoms with E-state index in [1.54, 1.807) is 19.1 Å². The molecule has 108 valence electrons. The van der Waals surface area contributed by atoms with E-state index in [1.807, 2.05) is 0 Å². The molecule has 1 amide bonds. The standard InChI is InChI=1S/C15H18FNO3/c1-2-20-15(19)11-6-5-9-17(10-11)14(18)12-7-3-4-8-13(12)16/h3-4,7-8,11H,2,5-6,9-10H2,1H3/t11-/m1/s1. The van der Waals surface area contributed by atoms with Crippen LogP contribution in [0.1, 0.15) is 30.1 Å². The molecule has 1 saturated heterocycles. The second-order valence-corrected chi connectivity index (χ2v) is 4.82. The summed E-state index contributed by atoms with van der Waals surface area (Å²) < 4.78 is 18.6. The molecular formula is C15H18FNO3. The van der Waals surface area contributed by atoms with Gasteiger partial charge in [-0.15, -0.1) is 0 Å². The smallest absolute Gasteiger partial charge is 0.310 e. The van der Waals surface area contributed by atoms with Crippen molar-refractivity contribution in [3.63, 3.8) is 0 Å². The fraction of sp³-hybridized carbons (Fsp3) is 0.467. The van der Waals surface area contributed by atoms with Crippen molar-refractivity contribution >= 4 is 11.9 Å². The summed E-state index contributed by atoms with van der Waals surface area (Å²) in [4.78, 5) is 25.5. The van der Waals surface area contributed by atoms with Gasteiger partial charge in [0.1, 0.15) is 5.82 Å². The van der Waals surface area contributed by atoms with Gasteiger partial charge in [-0.25, -0.2) is 4.39 Å². The molecule has 1 aliphatic heterocycles. The van der Waals surface area contributed by atoms with Crippen LogP contribution in [0.2, 0.25) is 0 Å². The zero-order chi connectivity index (χ0) is 14.5. The van der Waals surface area contributed by atoms with Crippen molar-refractivity contribution in [3.8, 4) is 0 Å². The molecular weight excluding hydrogens is 261 g/mol. The van der Waals surface area contributed by atoms with Crippen LogP contribution in [0, 0.1) is 11.7 Å². The van der Waals surface area contributed by atoms with Gasteiger partial charge in [-0.1, -0.05) is 12.1 Å². The first-order valence-corrected chi connectivity index (χ1v) is 6.84. The van der Waals surface area contributed by atoms with E-state index in [0.717, 1.165) is 6.42 Å². The van der Waals surface area contributed by atoms with Gasteiger partial charge in [0.2, 0.25) is 0 Å². The Morgan fingerprint density at radius 1 is 1.40 bits per heavy atom. The summed E-state index contributed by atoms with van der Waals surface area (Å²) in [6.45, 7) is 2.93. The lowest BCUT2D eigenvalue weighted by Gasteiger charge is -2.31. The van der Waals surface area contributed by atoms with Crippen molar-refractivity contribution in [2.24, 2.45) is 5.92 Å². The third kappa shape index (κ3) is 3.15. The van der Waals surface area contributed by atoms with E-state index in [1.165, 1.54) is 17.0 Å². The molecule has 1 heterocycles. The lowest BCUT2D eigenvalue weighted by atomic mass is 9.97. The molecule has 0 saturated carbocycles. The number of benzene rings is 1. The number of likely N-dealkylation sites (tertiary alicyclic amines) is 1. The Hall–Kier alpha value is -1.91. The number of esters is 1. The molecule has 2 rings (SSSR count). The maximum absolute atomic E-state index is 13.6.